The Morgan fingerprint density at radius 2 is 1.65 bits per heavy atom. The fraction of sp³-hybridized carbons (Fsp3) is 0.360. The Bertz CT molecular complexity index is 964. The highest BCUT2D eigenvalue weighted by Crippen LogP contribution is 2.34. The summed E-state index contributed by atoms with van der Waals surface area (Å²) >= 11 is 0. The molecule has 2 aromatic carbocycles. The van der Waals surface area contributed by atoms with Crippen LogP contribution >= 0.6 is 0 Å². The molecule has 31 heavy (non-hydrogen) atoms. The summed E-state index contributed by atoms with van der Waals surface area (Å²) in [6.07, 6.45) is 2.93. The van der Waals surface area contributed by atoms with E-state index >= 15 is 0 Å². The Morgan fingerprint density at radius 1 is 0.968 bits per heavy atom. The number of carbonyl (C=O) groups is 2. The summed E-state index contributed by atoms with van der Waals surface area (Å²) in [5, 5.41) is 0. The fourth-order valence-electron chi connectivity index (χ4n) is 4.43. The van der Waals surface area contributed by atoms with Crippen LogP contribution in [0.3, 0.4) is 0 Å². The van der Waals surface area contributed by atoms with Gasteiger partial charge in [-0.05, 0) is 48.4 Å². The maximum atomic E-state index is 13.5. The van der Waals surface area contributed by atoms with Crippen LogP contribution in [0.2, 0.25) is 0 Å². The second-order valence-corrected chi connectivity index (χ2v) is 8.11. The molecular weight excluding hydrogens is 395 g/mol. The highest BCUT2D eigenvalue weighted by Gasteiger charge is 2.42. The summed E-state index contributed by atoms with van der Waals surface area (Å²) < 4.78 is 18.5. The lowest BCUT2D eigenvalue weighted by atomic mass is 9.89. The standard InChI is InChI=1S/C25H27FN2O3/c1-31-16-15-28-24(29)22(20-7-9-21(26)10-8-20)23(25(28)30)27-13-11-19(12-14-27)17-18-5-3-2-4-6-18/h2-10,19H,11-17H2,1H3. The molecule has 0 aromatic heterocycles. The Balaban J connectivity index is 1.56. The Labute approximate surface area is 182 Å². The highest BCUT2D eigenvalue weighted by molar-refractivity contribution is 6.35. The summed E-state index contributed by atoms with van der Waals surface area (Å²) in [6.45, 7) is 1.91. The lowest BCUT2D eigenvalue weighted by Crippen LogP contribution is -2.40. The molecule has 0 atom stereocenters. The number of halogens is 1. The smallest absolute Gasteiger partial charge is 0.277 e. The van der Waals surface area contributed by atoms with Crippen LogP contribution in [0, 0.1) is 11.7 Å². The zero-order valence-electron chi connectivity index (χ0n) is 17.7. The quantitative estimate of drug-likeness (QED) is 0.641. The molecule has 1 fully saturated rings. The van der Waals surface area contributed by atoms with Crippen molar-refractivity contribution in [3.05, 3.63) is 77.2 Å². The van der Waals surface area contributed by atoms with Gasteiger partial charge in [-0.3, -0.25) is 14.5 Å². The van der Waals surface area contributed by atoms with Crippen LogP contribution in [-0.4, -0.2) is 55.0 Å². The molecule has 0 aliphatic carbocycles. The number of hydrogen-bond donors (Lipinski definition) is 0. The van der Waals surface area contributed by atoms with E-state index in [1.54, 1.807) is 12.1 Å². The van der Waals surface area contributed by atoms with E-state index in [4.69, 9.17) is 4.74 Å². The minimum Gasteiger partial charge on any atom is -0.383 e. The molecular formula is C25H27FN2O3. The van der Waals surface area contributed by atoms with Gasteiger partial charge < -0.3 is 9.64 Å². The number of amides is 2. The molecule has 1 saturated heterocycles. The molecule has 2 aromatic rings. The van der Waals surface area contributed by atoms with Crippen molar-refractivity contribution in [1.29, 1.82) is 0 Å². The van der Waals surface area contributed by atoms with Crippen molar-refractivity contribution in [2.75, 3.05) is 33.4 Å². The number of methoxy groups -OCH3 is 1. The average Bonchev–Trinajstić information content (AvgIpc) is 3.04. The lowest BCUT2D eigenvalue weighted by molar-refractivity contribution is -0.138. The van der Waals surface area contributed by atoms with Crippen LogP contribution in [0.5, 0.6) is 0 Å². The molecule has 5 nitrogen and oxygen atoms in total. The molecule has 2 aliphatic heterocycles. The van der Waals surface area contributed by atoms with Crippen LogP contribution in [0.15, 0.2) is 60.3 Å². The van der Waals surface area contributed by atoms with E-state index in [0.29, 0.717) is 35.8 Å². The molecule has 0 saturated carbocycles. The Morgan fingerprint density at radius 3 is 2.29 bits per heavy atom. The zero-order valence-corrected chi connectivity index (χ0v) is 17.7. The minimum absolute atomic E-state index is 0.201. The third-order valence-corrected chi connectivity index (χ3v) is 6.09. The number of hydrogen-bond acceptors (Lipinski definition) is 4. The largest absolute Gasteiger partial charge is 0.383 e. The first-order chi connectivity index (χ1) is 15.1. The molecule has 162 valence electrons. The summed E-state index contributed by atoms with van der Waals surface area (Å²) in [4.78, 5) is 29.6. The molecule has 0 unspecified atom stereocenters. The van der Waals surface area contributed by atoms with E-state index < -0.39 is 0 Å². The van der Waals surface area contributed by atoms with Crippen molar-refractivity contribution < 1.29 is 18.7 Å². The number of likely N-dealkylation sites (tertiary alicyclic amines) is 1. The van der Waals surface area contributed by atoms with Crippen molar-refractivity contribution in [2.45, 2.75) is 19.3 Å². The van der Waals surface area contributed by atoms with Crippen molar-refractivity contribution in [3.8, 4) is 0 Å². The third-order valence-electron chi connectivity index (χ3n) is 6.09. The number of carbonyl (C=O) groups excluding carboxylic acids is 2. The van der Waals surface area contributed by atoms with E-state index in [2.05, 4.69) is 24.3 Å². The second-order valence-electron chi connectivity index (χ2n) is 8.11. The first-order valence-corrected chi connectivity index (χ1v) is 10.7. The molecule has 0 spiro atoms. The predicted molar refractivity (Wildman–Crippen MR) is 116 cm³/mol. The van der Waals surface area contributed by atoms with Crippen LogP contribution in [-0.2, 0) is 20.7 Å². The molecule has 6 heteroatoms. The van der Waals surface area contributed by atoms with Gasteiger partial charge in [0.15, 0.2) is 0 Å². The normalized spacial score (nSPS) is 17.7. The fourth-order valence-corrected chi connectivity index (χ4v) is 4.43. The van der Waals surface area contributed by atoms with E-state index in [0.717, 1.165) is 19.3 Å². The molecule has 0 radical (unpaired) electrons. The first kappa shape index (κ1) is 21.2. The summed E-state index contributed by atoms with van der Waals surface area (Å²) in [5.41, 5.74) is 2.69. The zero-order chi connectivity index (χ0) is 21.8. The predicted octanol–water partition coefficient (Wildman–Crippen LogP) is 3.51. The van der Waals surface area contributed by atoms with Crippen molar-refractivity contribution in [1.82, 2.24) is 9.80 Å². The van der Waals surface area contributed by atoms with Gasteiger partial charge in [-0.1, -0.05) is 42.5 Å². The van der Waals surface area contributed by atoms with E-state index in [1.807, 2.05) is 11.0 Å². The monoisotopic (exact) mass is 422 g/mol. The number of benzene rings is 2. The Hall–Kier alpha value is -2.99. The molecule has 2 amide bonds. The SMILES string of the molecule is COCCN1C(=O)C(c2ccc(F)cc2)=C(N2CCC(Cc3ccccc3)CC2)C1=O. The summed E-state index contributed by atoms with van der Waals surface area (Å²) in [5.74, 6) is -0.455. The molecule has 0 N–H and O–H groups in total. The maximum absolute atomic E-state index is 13.5. The van der Waals surface area contributed by atoms with E-state index in [1.165, 1.54) is 29.7 Å². The highest BCUT2D eigenvalue weighted by atomic mass is 19.1. The van der Waals surface area contributed by atoms with Gasteiger partial charge in [0.25, 0.3) is 11.8 Å². The van der Waals surface area contributed by atoms with Gasteiger partial charge in [0.05, 0.1) is 18.7 Å². The molecule has 2 aliphatic rings. The van der Waals surface area contributed by atoms with Gasteiger partial charge >= 0.3 is 0 Å². The van der Waals surface area contributed by atoms with Gasteiger partial charge in [0, 0.05) is 20.2 Å². The van der Waals surface area contributed by atoms with Gasteiger partial charge in [-0.25, -0.2) is 4.39 Å². The number of rotatable bonds is 7. The summed E-state index contributed by atoms with van der Waals surface area (Å²) in [7, 11) is 1.54. The van der Waals surface area contributed by atoms with E-state index in [-0.39, 0.29) is 30.8 Å². The van der Waals surface area contributed by atoms with Crippen LogP contribution in [0.25, 0.3) is 5.57 Å². The number of piperidine rings is 1. The molecule has 2 heterocycles. The molecule has 4 rings (SSSR count). The van der Waals surface area contributed by atoms with Gasteiger partial charge in [-0.2, -0.15) is 0 Å². The van der Waals surface area contributed by atoms with Gasteiger partial charge in [-0.15, -0.1) is 0 Å². The number of nitrogens with zero attached hydrogens (tertiary/aromatic N) is 2. The summed E-state index contributed by atoms with van der Waals surface area (Å²) in [6, 6.07) is 16.2. The van der Waals surface area contributed by atoms with Crippen LogP contribution < -0.4 is 0 Å². The van der Waals surface area contributed by atoms with Crippen molar-refractivity contribution in [3.63, 3.8) is 0 Å². The van der Waals surface area contributed by atoms with Crippen LogP contribution in [0.1, 0.15) is 24.0 Å². The minimum atomic E-state index is -0.374. The topological polar surface area (TPSA) is 49.9 Å². The lowest BCUT2D eigenvalue weighted by Gasteiger charge is -2.34. The number of imide groups is 1. The molecule has 0 bridgehead atoms. The van der Waals surface area contributed by atoms with E-state index in [9.17, 15) is 14.0 Å². The van der Waals surface area contributed by atoms with Gasteiger partial charge in [0.1, 0.15) is 11.5 Å². The van der Waals surface area contributed by atoms with Gasteiger partial charge in [0.2, 0.25) is 0 Å². The first-order valence-electron chi connectivity index (χ1n) is 10.7. The van der Waals surface area contributed by atoms with Crippen LogP contribution in [0.4, 0.5) is 4.39 Å². The van der Waals surface area contributed by atoms with Crippen molar-refractivity contribution >= 4 is 17.4 Å². The number of ether oxygens (including phenoxy) is 1. The average molecular weight is 423 g/mol. The second kappa shape index (κ2) is 9.43. The van der Waals surface area contributed by atoms with Crippen molar-refractivity contribution in [2.24, 2.45) is 5.92 Å². The third kappa shape index (κ3) is 4.54. The Kier molecular flexibility index (Phi) is 6.47. The maximum Gasteiger partial charge on any atom is 0.277 e.